The van der Waals surface area contributed by atoms with Crippen LogP contribution in [0.15, 0.2) is 146 Å². The number of rotatable bonds is 2. The maximum absolute atomic E-state index is 15.8. The Hall–Kier alpha value is -4.04. The highest BCUT2D eigenvalue weighted by Gasteiger charge is 2.49. The molecule has 0 spiro atoms. The molecule has 2 bridgehead atoms. The zero-order valence-electron chi connectivity index (χ0n) is 21.7. The number of anilines is 3. The fourth-order valence-corrected chi connectivity index (χ4v) is 12.5. The van der Waals surface area contributed by atoms with Crippen molar-refractivity contribution in [2.45, 2.75) is 10.2 Å². The molecule has 40 heavy (non-hydrogen) atoms. The van der Waals surface area contributed by atoms with Crippen molar-refractivity contribution in [3.8, 4) is 0 Å². The molecule has 2 nitrogen and oxygen atoms in total. The van der Waals surface area contributed by atoms with E-state index in [0.29, 0.717) is 0 Å². The SMILES string of the molecule is O=P1(c2ccccc2)c2ccccc2C2SC1c1ccccc1N(c1cccc3ccccc13)c1ccccc12. The van der Waals surface area contributed by atoms with Gasteiger partial charge in [0.25, 0.3) is 0 Å². The predicted molar refractivity (Wildman–Crippen MR) is 171 cm³/mol. The van der Waals surface area contributed by atoms with Gasteiger partial charge in [-0.3, -0.25) is 0 Å². The van der Waals surface area contributed by atoms with E-state index in [1.807, 2.05) is 36.0 Å². The minimum absolute atomic E-state index is 0.0500. The summed E-state index contributed by atoms with van der Waals surface area (Å²) in [5, 5.41) is 4.34. The van der Waals surface area contributed by atoms with E-state index >= 15 is 4.57 Å². The molecule has 0 saturated carbocycles. The number of benzene rings is 6. The first kappa shape index (κ1) is 23.8. The molecule has 0 aromatic heterocycles. The van der Waals surface area contributed by atoms with E-state index in [1.165, 1.54) is 16.3 Å². The maximum Gasteiger partial charge on any atom is 0.160 e. The van der Waals surface area contributed by atoms with Crippen molar-refractivity contribution < 1.29 is 4.57 Å². The van der Waals surface area contributed by atoms with E-state index in [-0.39, 0.29) is 10.2 Å². The van der Waals surface area contributed by atoms with Gasteiger partial charge in [0.15, 0.2) is 7.14 Å². The standard InChI is InChI=1S/C36H26NOPS/c38-39(26-15-2-1-3-16-26)34-24-11-8-20-30(34)35-28-18-6-9-21-32(28)37(33-22-10-7-19-29(33)36(39)40-35)31-23-12-14-25-13-4-5-17-27(25)31/h1-24,35-36H. The van der Waals surface area contributed by atoms with Crippen LogP contribution in [0, 0.1) is 0 Å². The molecule has 6 aromatic carbocycles. The number of nitrogens with zero attached hydrogens (tertiary/aromatic N) is 1. The van der Waals surface area contributed by atoms with Gasteiger partial charge in [-0.2, -0.15) is 0 Å². The summed E-state index contributed by atoms with van der Waals surface area (Å²) >= 11 is 1.85. The van der Waals surface area contributed by atoms with Gasteiger partial charge in [0.05, 0.1) is 27.3 Å². The van der Waals surface area contributed by atoms with Crippen LogP contribution < -0.4 is 15.5 Å². The Balaban J connectivity index is 1.51. The van der Waals surface area contributed by atoms with Crippen LogP contribution in [0.2, 0.25) is 0 Å². The molecule has 3 atom stereocenters. The fourth-order valence-electron chi connectivity index (χ4n) is 6.47. The van der Waals surface area contributed by atoms with Crippen LogP contribution in [0.4, 0.5) is 17.1 Å². The number of thioether (sulfide) groups is 1. The van der Waals surface area contributed by atoms with Crippen molar-refractivity contribution in [2.24, 2.45) is 0 Å². The van der Waals surface area contributed by atoms with Gasteiger partial charge in [-0.15, -0.1) is 11.8 Å². The van der Waals surface area contributed by atoms with Crippen molar-refractivity contribution in [2.75, 3.05) is 4.90 Å². The summed E-state index contributed by atoms with van der Waals surface area (Å²) in [5.74, 6) is 0. The maximum atomic E-state index is 15.8. The van der Waals surface area contributed by atoms with E-state index in [1.54, 1.807) is 0 Å². The highest BCUT2D eigenvalue weighted by Crippen LogP contribution is 2.72. The van der Waals surface area contributed by atoms with Gasteiger partial charge >= 0.3 is 0 Å². The molecule has 0 saturated heterocycles. The first-order chi connectivity index (χ1) is 19.7. The second-order valence-electron chi connectivity index (χ2n) is 10.4. The van der Waals surface area contributed by atoms with Crippen LogP contribution in [0.25, 0.3) is 10.8 Å². The number of hydrogen-bond donors (Lipinski definition) is 0. The molecular weight excluding hydrogens is 525 g/mol. The third-order valence-corrected chi connectivity index (χ3v) is 13.9. The molecule has 0 fully saturated rings. The van der Waals surface area contributed by atoms with Gasteiger partial charge in [0.1, 0.15) is 0 Å². The minimum atomic E-state index is -3.07. The average Bonchev–Trinajstić information content (AvgIpc) is 3.02. The van der Waals surface area contributed by atoms with Gasteiger partial charge in [-0.25, -0.2) is 0 Å². The fraction of sp³-hybridized carbons (Fsp3) is 0.0556. The zero-order valence-corrected chi connectivity index (χ0v) is 23.4. The molecule has 0 N–H and O–H groups in total. The van der Waals surface area contributed by atoms with Crippen LogP contribution >= 0.6 is 18.9 Å². The van der Waals surface area contributed by atoms with Crippen molar-refractivity contribution >= 4 is 57.3 Å². The number of hydrogen-bond acceptors (Lipinski definition) is 3. The molecule has 2 heterocycles. The lowest BCUT2D eigenvalue weighted by Gasteiger charge is -2.43. The Bertz CT molecular complexity index is 1950. The molecule has 0 aliphatic carbocycles. The molecule has 192 valence electrons. The number of fused-ring (bicyclic) bond motifs is 6. The summed E-state index contributed by atoms with van der Waals surface area (Å²) in [6, 6.07) is 51.0. The van der Waals surface area contributed by atoms with Crippen LogP contribution in [0.1, 0.15) is 26.9 Å². The summed E-state index contributed by atoms with van der Waals surface area (Å²) in [4.78, 5) is 2.19. The molecule has 2 aliphatic rings. The monoisotopic (exact) mass is 551 g/mol. The first-order valence-electron chi connectivity index (χ1n) is 13.6. The van der Waals surface area contributed by atoms with E-state index in [0.717, 1.165) is 38.8 Å². The van der Waals surface area contributed by atoms with Crippen molar-refractivity contribution in [3.05, 3.63) is 162 Å². The van der Waals surface area contributed by atoms with Gasteiger partial charge < -0.3 is 9.46 Å². The zero-order chi connectivity index (χ0) is 26.7. The Morgan fingerprint density at radius 3 is 1.93 bits per heavy atom. The van der Waals surface area contributed by atoms with Crippen LogP contribution in [0.5, 0.6) is 0 Å². The molecule has 6 aromatic rings. The summed E-state index contributed by atoms with van der Waals surface area (Å²) < 4.78 is 15.8. The Morgan fingerprint density at radius 1 is 0.525 bits per heavy atom. The lowest BCUT2D eigenvalue weighted by atomic mass is 9.98. The molecular formula is C36H26NOPS. The minimum Gasteiger partial charge on any atom is -0.312 e. The van der Waals surface area contributed by atoms with Gasteiger partial charge in [0.2, 0.25) is 0 Å². The highest BCUT2D eigenvalue weighted by molar-refractivity contribution is 8.09. The highest BCUT2D eigenvalue weighted by atomic mass is 32.2. The second kappa shape index (κ2) is 9.27. The third kappa shape index (κ3) is 3.41. The molecule has 8 rings (SSSR count). The number of para-hydroxylation sites is 2. The first-order valence-corrected chi connectivity index (χ1v) is 16.3. The molecule has 0 amide bonds. The van der Waals surface area contributed by atoms with Gasteiger partial charge in [-0.05, 0) is 40.3 Å². The molecule has 4 heteroatoms. The van der Waals surface area contributed by atoms with Gasteiger partial charge in [0, 0.05) is 16.0 Å². The molecule has 3 unspecified atom stereocenters. The van der Waals surface area contributed by atoms with Crippen LogP contribution in [0.3, 0.4) is 0 Å². The average molecular weight is 552 g/mol. The summed E-state index contributed by atoms with van der Waals surface area (Å²) in [5.41, 5.74) is 6.88. The summed E-state index contributed by atoms with van der Waals surface area (Å²) in [6.07, 6.45) is 0. The Morgan fingerprint density at radius 2 is 1.10 bits per heavy atom. The van der Waals surface area contributed by atoms with Crippen molar-refractivity contribution in [1.29, 1.82) is 0 Å². The van der Waals surface area contributed by atoms with E-state index in [4.69, 9.17) is 0 Å². The van der Waals surface area contributed by atoms with E-state index < -0.39 is 7.14 Å². The lowest BCUT2D eigenvalue weighted by Crippen LogP contribution is -2.31. The smallest absolute Gasteiger partial charge is 0.160 e. The largest absolute Gasteiger partial charge is 0.312 e. The van der Waals surface area contributed by atoms with Crippen molar-refractivity contribution in [1.82, 2.24) is 0 Å². The molecule has 0 radical (unpaired) electrons. The van der Waals surface area contributed by atoms with Crippen LogP contribution in [-0.4, -0.2) is 0 Å². The third-order valence-electron chi connectivity index (χ3n) is 8.22. The quantitative estimate of drug-likeness (QED) is 0.200. The normalized spacial score (nSPS) is 21.1. The Labute approximate surface area is 238 Å². The second-order valence-corrected chi connectivity index (χ2v) is 14.8. The van der Waals surface area contributed by atoms with E-state index in [9.17, 15) is 0 Å². The van der Waals surface area contributed by atoms with E-state index in [2.05, 4.69) is 126 Å². The van der Waals surface area contributed by atoms with Crippen molar-refractivity contribution in [3.63, 3.8) is 0 Å². The topological polar surface area (TPSA) is 20.3 Å². The summed E-state index contributed by atoms with van der Waals surface area (Å²) in [6.45, 7) is 0. The predicted octanol–water partition coefficient (Wildman–Crippen LogP) is 9.47. The summed E-state index contributed by atoms with van der Waals surface area (Å²) in [7, 11) is -3.07. The lowest BCUT2D eigenvalue weighted by molar-refractivity contribution is 0.585. The van der Waals surface area contributed by atoms with Gasteiger partial charge in [-0.1, -0.05) is 127 Å². The van der Waals surface area contributed by atoms with Crippen LogP contribution in [-0.2, 0) is 4.57 Å². The molecule has 2 aliphatic heterocycles. The Kier molecular flexibility index (Phi) is 5.52.